The van der Waals surface area contributed by atoms with Gasteiger partial charge < -0.3 is 30.3 Å². The van der Waals surface area contributed by atoms with Gasteiger partial charge in [0.1, 0.15) is 0 Å². The van der Waals surface area contributed by atoms with E-state index in [4.69, 9.17) is 9.47 Å². The summed E-state index contributed by atoms with van der Waals surface area (Å²) in [5.74, 6) is 1.52. The third-order valence-corrected chi connectivity index (χ3v) is 7.68. The molecule has 4 N–H and O–H groups in total. The second-order valence-electron chi connectivity index (χ2n) is 9.38. The highest BCUT2D eigenvalue weighted by molar-refractivity contribution is 7.99. The lowest BCUT2D eigenvalue weighted by atomic mass is 9.91. The number of hydrogen-bond acceptors (Lipinski definition) is 6. The van der Waals surface area contributed by atoms with Gasteiger partial charge >= 0.3 is 6.03 Å². The molecular formula is C30H36N2O5S. The van der Waals surface area contributed by atoms with E-state index in [2.05, 4.69) is 17.6 Å². The van der Waals surface area contributed by atoms with Gasteiger partial charge in [0.2, 0.25) is 0 Å². The molecule has 1 heterocycles. The Morgan fingerprint density at radius 2 is 1.42 bits per heavy atom. The molecule has 4 rings (SSSR count). The zero-order valence-corrected chi connectivity index (χ0v) is 22.4. The summed E-state index contributed by atoms with van der Waals surface area (Å²) in [5, 5.41) is 24.4. The lowest BCUT2D eigenvalue weighted by Gasteiger charge is -2.41. The molecular weight excluding hydrogens is 500 g/mol. The number of thioether (sulfide) groups is 1. The minimum atomic E-state index is -0.537. The Bertz CT molecular complexity index is 1130. The first-order valence-electron chi connectivity index (χ1n) is 12.9. The van der Waals surface area contributed by atoms with E-state index < -0.39 is 6.29 Å². The number of urea groups is 1. The molecule has 0 aliphatic carbocycles. The molecule has 0 saturated carbocycles. The molecule has 2 amide bonds. The Balaban J connectivity index is 1.38. The first-order valence-corrected chi connectivity index (χ1v) is 14.1. The highest BCUT2D eigenvalue weighted by Gasteiger charge is 2.38. The number of carbonyl (C=O) groups is 1. The maximum Gasteiger partial charge on any atom is 0.315 e. The van der Waals surface area contributed by atoms with Gasteiger partial charge in [0.25, 0.3) is 0 Å². The molecule has 1 fully saturated rings. The lowest BCUT2D eigenvalue weighted by Crippen LogP contribution is -2.38. The highest BCUT2D eigenvalue weighted by atomic mass is 32.2. The maximum absolute atomic E-state index is 12.2. The number of aliphatic hydroxyl groups excluding tert-OH is 2. The van der Waals surface area contributed by atoms with E-state index in [-0.39, 0.29) is 37.4 Å². The topological polar surface area (TPSA) is 100 Å². The number of rotatable bonds is 11. The van der Waals surface area contributed by atoms with Crippen LogP contribution in [0.1, 0.15) is 47.1 Å². The van der Waals surface area contributed by atoms with E-state index in [0.717, 1.165) is 33.6 Å². The van der Waals surface area contributed by atoms with Gasteiger partial charge in [0.05, 0.1) is 25.4 Å². The third-order valence-electron chi connectivity index (χ3n) is 6.64. The van der Waals surface area contributed by atoms with Crippen molar-refractivity contribution < 1.29 is 24.5 Å². The molecule has 7 nitrogen and oxygen atoms in total. The van der Waals surface area contributed by atoms with Crippen molar-refractivity contribution in [3.8, 4) is 0 Å². The van der Waals surface area contributed by atoms with Gasteiger partial charge in [-0.2, -0.15) is 11.8 Å². The van der Waals surface area contributed by atoms with E-state index in [1.54, 1.807) is 11.8 Å². The fraction of sp³-hybridized carbons (Fsp3) is 0.367. The summed E-state index contributed by atoms with van der Waals surface area (Å²) in [6.07, 6.45) is -0.761. The van der Waals surface area contributed by atoms with Crippen LogP contribution in [0.3, 0.4) is 0 Å². The minimum absolute atomic E-state index is 0.00338. The van der Waals surface area contributed by atoms with Crippen molar-refractivity contribution in [2.24, 2.45) is 5.92 Å². The van der Waals surface area contributed by atoms with Crippen molar-refractivity contribution in [3.05, 3.63) is 107 Å². The Morgan fingerprint density at radius 1 is 0.816 bits per heavy atom. The number of hydrogen-bond donors (Lipinski definition) is 4. The smallest absolute Gasteiger partial charge is 0.315 e. The van der Waals surface area contributed by atoms with Gasteiger partial charge in [-0.05, 0) is 22.3 Å². The molecule has 3 aromatic carbocycles. The summed E-state index contributed by atoms with van der Waals surface area (Å²) < 4.78 is 12.9. The van der Waals surface area contributed by atoms with E-state index in [1.807, 2.05) is 78.9 Å². The van der Waals surface area contributed by atoms with E-state index in [9.17, 15) is 15.0 Å². The van der Waals surface area contributed by atoms with Crippen LogP contribution in [0, 0.1) is 5.92 Å². The minimum Gasteiger partial charge on any atom is -0.396 e. The summed E-state index contributed by atoms with van der Waals surface area (Å²) in [6.45, 7) is 3.15. The second kappa shape index (κ2) is 14.3. The van der Waals surface area contributed by atoms with E-state index in [1.165, 1.54) is 0 Å². The van der Waals surface area contributed by atoms with Crippen LogP contribution < -0.4 is 10.6 Å². The molecule has 0 radical (unpaired) electrons. The molecule has 4 unspecified atom stereocenters. The molecule has 1 aliphatic heterocycles. The first-order chi connectivity index (χ1) is 18.6. The van der Waals surface area contributed by atoms with Crippen LogP contribution in [-0.4, -0.2) is 40.5 Å². The van der Waals surface area contributed by atoms with E-state index >= 15 is 0 Å². The Morgan fingerprint density at radius 3 is 2.05 bits per heavy atom. The molecule has 3 aromatic rings. The van der Waals surface area contributed by atoms with Crippen molar-refractivity contribution in [2.75, 3.05) is 18.1 Å². The van der Waals surface area contributed by atoms with Crippen LogP contribution in [0.4, 0.5) is 4.79 Å². The first kappa shape index (κ1) is 28.1. The summed E-state index contributed by atoms with van der Waals surface area (Å²) in [4.78, 5) is 12.2. The molecule has 4 atom stereocenters. The number of ether oxygens (including phenoxy) is 2. The molecule has 8 heteroatoms. The monoisotopic (exact) mass is 536 g/mol. The van der Waals surface area contributed by atoms with Gasteiger partial charge in [-0.3, -0.25) is 0 Å². The Kier molecular flexibility index (Phi) is 10.6. The van der Waals surface area contributed by atoms with Crippen molar-refractivity contribution >= 4 is 17.8 Å². The Hall–Kier alpha value is -2.88. The van der Waals surface area contributed by atoms with Crippen LogP contribution >= 0.6 is 11.8 Å². The van der Waals surface area contributed by atoms with Crippen LogP contribution in [0.2, 0.25) is 0 Å². The lowest BCUT2D eigenvalue weighted by molar-refractivity contribution is -0.268. The molecule has 38 heavy (non-hydrogen) atoms. The second-order valence-corrected chi connectivity index (χ2v) is 10.5. The maximum atomic E-state index is 12.2. The standard InChI is InChI=1S/C30H36N2O5S/c1-21-27(20-38-16-15-33)36-29(37-28(21)25-11-9-24(19-34)10-12-25)26-13-7-23(8-14-26)18-32-30(35)31-17-22-5-3-2-4-6-22/h2-14,21,27-29,33-34H,15-20H2,1H3,(H2,31,32,35). The fourth-order valence-electron chi connectivity index (χ4n) is 4.39. The fourth-order valence-corrected chi connectivity index (χ4v) is 5.30. The van der Waals surface area contributed by atoms with Gasteiger partial charge in [0, 0.05) is 36.1 Å². The average Bonchev–Trinajstić information content (AvgIpc) is 2.97. The number of aliphatic hydroxyl groups is 2. The summed E-state index contributed by atoms with van der Waals surface area (Å²) >= 11 is 1.67. The van der Waals surface area contributed by atoms with Crippen LogP contribution in [-0.2, 0) is 29.2 Å². The SMILES string of the molecule is CC1C(CSCCO)OC(c2ccc(CNC(=O)NCc3ccccc3)cc2)OC1c1ccc(CO)cc1. The van der Waals surface area contributed by atoms with E-state index in [0.29, 0.717) is 18.8 Å². The predicted octanol–water partition coefficient (Wildman–Crippen LogP) is 4.70. The third kappa shape index (κ3) is 7.82. The summed E-state index contributed by atoms with van der Waals surface area (Å²) in [7, 11) is 0. The largest absolute Gasteiger partial charge is 0.396 e. The highest BCUT2D eigenvalue weighted by Crippen LogP contribution is 2.42. The van der Waals surface area contributed by atoms with Crippen molar-refractivity contribution in [2.45, 2.75) is 45.1 Å². The van der Waals surface area contributed by atoms with Gasteiger partial charge in [-0.25, -0.2) is 4.79 Å². The molecule has 1 saturated heterocycles. The number of amides is 2. The van der Waals surface area contributed by atoms with Crippen molar-refractivity contribution in [3.63, 3.8) is 0 Å². The molecule has 202 valence electrons. The van der Waals surface area contributed by atoms with Gasteiger partial charge in [0.15, 0.2) is 6.29 Å². The summed E-state index contributed by atoms with van der Waals surface area (Å²) in [5.41, 5.74) is 4.83. The average molecular weight is 537 g/mol. The van der Waals surface area contributed by atoms with Crippen molar-refractivity contribution in [1.82, 2.24) is 10.6 Å². The van der Waals surface area contributed by atoms with Crippen LogP contribution in [0.5, 0.6) is 0 Å². The number of carbonyl (C=O) groups excluding carboxylic acids is 1. The molecule has 0 spiro atoms. The number of benzene rings is 3. The van der Waals surface area contributed by atoms with Crippen LogP contribution in [0.15, 0.2) is 78.9 Å². The van der Waals surface area contributed by atoms with Crippen molar-refractivity contribution in [1.29, 1.82) is 0 Å². The Labute approximate surface area is 228 Å². The normalized spacial score (nSPS) is 21.1. The quantitative estimate of drug-likeness (QED) is 0.265. The predicted molar refractivity (Wildman–Crippen MR) is 149 cm³/mol. The van der Waals surface area contributed by atoms with Gasteiger partial charge in [-0.1, -0.05) is 85.8 Å². The molecule has 0 aromatic heterocycles. The van der Waals surface area contributed by atoms with Crippen LogP contribution in [0.25, 0.3) is 0 Å². The van der Waals surface area contributed by atoms with Gasteiger partial charge in [-0.15, -0.1) is 0 Å². The number of nitrogens with one attached hydrogen (secondary N) is 2. The summed E-state index contributed by atoms with van der Waals surface area (Å²) in [6, 6.07) is 25.3. The molecule has 0 bridgehead atoms. The zero-order valence-electron chi connectivity index (χ0n) is 21.6. The zero-order chi connectivity index (χ0) is 26.7. The molecule has 1 aliphatic rings.